The van der Waals surface area contributed by atoms with Gasteiger partial charge in [-0.2, -0.15) is 0 Å². The van der Waals surface area contributed by atoms with Crippen molar-refractivity contribution < 1.29 is 0 Å². The first-order chi connectivity index (χ1) is 6.31. The molecule has 0 aliphatic carbocycles. The Morgan fingerprint density at radius 3 is 2.85 bits per heavy atom. The van der Waals surface area contributed by atoms with Crippen LogP contribution in [0.25, 0.3) is 10.9 Å². The Labute approximate surface area is 81.3 Å². The van der Waals surface area contributed by atoms with E-state index >= 15 is 0 Å². The highest BCUT2D eigenvalue weighted by molar-refractivity contribution is 6.31. The Balaban J connectivity index is 2.74. The lowest BCUT2D eigenvalue weighted by Gasteiger charge is -2.02. The van der Waals surface area contributed by atoms with Crippen molar-refractivity contribution in [2.24, 2.45) is 5.73 Å². The van der Waals surface area contributed by atoms with Gasteiger partial charge in [0.1, 0.15) is 0 Å². The number of pyridine rings is 1. The molecule has 0 fully saturated rings. The van der Waals surface area contributed by atoms with Gasteiger partial charge in [0, 0.05) is 11.9 Å². The van der Waals surface area contributed by atoms with Crippen LogP contribution in [0, 0.1) is 0 Å². The summed E-state index contributed by atoms with van der Waals surface area (Å²) >= 11 is 5.96. The van der Waals surface area contributed by atoms with E-state index in [0.717, 1.165) is 16.6 Å². The smallest absolute Gasteiger partial charge is 0.0733 e. The van der Waals surface area contributed by atoms with Gasteiger partial charge >= 0.3 is 0 Å². The molecule has 0 bridgehead atoms. The Bertz CT molecular complexity index is 440. The molecule has 0 aliphatic heterocycles. The van der Waals surface area contributed by atoms with Crippen LogP contribution in [0.2, 0.25) is 5.02 Å². The Morgan fingerprint density at radius 1 is 1.31 bits per heavy atom. The number of aromatic nitrogens is 1. The fraction of sp³-hybridized carbons (Fsp3) is 0.100. The molecular formula is C10H9ClN2. The number of halogens is 1. The highest BCUT2D eigenvalue weighted by Crippen LogP contribution is 2.20. The topological polar surface area (TPSA) is 38.9 Å². The molecule has 0 radical (unpaired) electrons. The molecule has 1 heterocycles. The van der Waals surface area contributed by atoms with Gasteiger partial charge in [-0.15, -0.1) is 0 Å². The molecule has 66 valence electrons. The van der Waals surface area contributed by atoms with Crippen LogP contribution < -0.4 is 5.73 Å². The lowest BCUT2D eigenvalue weighted by atomic mass is 10.2. The van der Waals surface area contributed by atoms with E-state index in [1.54, 1.807) is 0 Å². The first-order valence-electron chi connectivity index (χ1n) is 4.05. The molecule has 2 rings (SSSR count). The van der Waals surface area contributed by atoms with Crippen LogP contribution in [0.3, 0.4) is 0 Å². The summed E-state index contributed by atoms with van der Waals surface area (Å²) in [4.78, 5) is 4.34. The molecule has 0 atom stereocenters. The second-order valence-electron chi connectivity index (χ2n) is 2.81. The van der Waals surface area contributed by atoms with Crippen LogP contribution in [-0.4, -0.2) is 4.98 Å². The van der Waals surface area contributed by atoms with E-state index in [2.05, 4.69) is 4.98 Å². The third-order valence-electron chi connectivity index (χ3n) is 1.94. The van der Waals surface area contributed by atoms with Crippen LogP contribution >= 0.6 is 11.6 Å². The van der Waals surface area contributed by atoms with Gasteiger partial charge in [0.25, 0.3) is 0 Å². The predicted molar refractivity (Wildman–Crippen MR) is 54.6 cm³/mol. The van der Waals surface area contributed by atoms with E-state index in [4.69, 9.17) is 17.3 Å². The predicted octanol–water partition coefficient (Wildman–Crippen LogP) is 2.35. The molecule has 1 aromatic heterocycles. The number of hydrogen-bond donors (Lipinski definition) is 1. The number of rotatable bonds is 1. The van der Waals surface area contributed by atoms with Crippen LogP contribution in [0.15, 0.2) is 30.3 Å². The quantitative estimate of drug-likeness (QED) is 0.754. The van der Waals surface area contributed by atoms with Gasteiger partial charge in [0.15, 0.2) is 0 Å². The maximum Gasteiger partial charge on any atom is 0.0733 e. The van der Waals surface area contributed by atoms with Crippen molar-refractivity contribution >= 4 is 22.5 Å². The zero-order valence-electron chi connectivity index (χ0n) is 7.00. The monoisotopic (exact) mass is 192 g/mol. The maximum atomic E-state index is 5.96. The molecule has 0 saturated carbocycles. The minimum Gasteiger partial charge on any atom is -0.325 e. The lowest BCUT2D eigenvalue weighted by Crippen LogP contribution is -2.00. The summed E-state index contributed by atoms with van der Waals surface area (Å²) in [5, 5.41) is 1.69. The van der Waals surface area contributed by atoms with Gasteiger partial charge in [-0.1, -0.05) is 29.8 Å². The second-order valence-corrected chi connectivity index (χ2v) is 3.22. The Morgan fingerprint density at radius 2 is 2.08 bits per heavy atom. The summed E-state index contributed by atoms with van der Waals surface area (Å²) in [7, 11) is 0. The minimum atomic E-state index is 0.379. The molecule has 13 heavy (non-hydrogen) atoms. The van der Waals surface area contributed by atoms with Crippen molar-refractivity contribution in [1.82, 2.24) is 4.98 Å². The number of nitrogens with two attached hydrogens (primary N) is 1. The Kier molecular flexibility index (Phi) is 2.17. The fourth-order valence-corrected chi connectivity index (χ4v) is 1.51. The summed E-state index contributed by atoms with van der Waals surface area (Å²) in [6.07, 6.45) is 0. The van der Waals surface area contributed by atoms with Gasteiger partial charge in [0.05, 0.1) is 16.2 Å². The summed E-state index contributed by atoms with van der Waals surface area (Å²) in [5.41, 5.74) is 7.18. The first-order valence-corrected chi connectivity index (χ1v) is 4.43. The van der Waals surface area contributed by atoms with E-state index in [1.165, 1.54) is 0 Å². The van der Waals surface area contributed by atoms with E-state index in [-0.39, 0.29) is 0 Å². The van der Waals surface area contributed by atoms with E-state index in [0.29, 0.717) is 11.6 Å². The minimum absolute atomic E-state index is 0.379. The number of hydrogen-bond acceptors (Lipinski definition) is 2. The van der Waals surface area contributed by atoms with Crippen molar-refractivity contribution in [2.75, 3.05) is 0 Å². The summed E-state index contributed by atoms with van der Waals surface area (Å²) in [6, 6.07) is 9.73. The zero-order valence-corrected chi connectivity index (χ0v) is 7.75. The average Bonchev–Trinajstić information content (AvgIpc) is 2.17. The van der Waals surface area contributed by atoms with E-state index in [9.17, 15) is 0 Å². The summed E-state index contributed by atoms with van der Waals surface area (Å²) in [5.74, 6) is 0. The molecule has 0 unspecified atom stereocenters. The summed E-state index contributed by atoms with van der Waals surface area (Å²) in [6.45, 7) is 0.379. The van der Waals surface area contributed by atoms with Gasteiger partial charge in [0.2, 0.25) is 0 Å². The van der Waals surface area contributed by atoms with E-state index in [1.807, 2.05) is 30.3 Å². The third-order valence-corrected chi connectivity index (χ3v) is 2.27. The molecule has 0 spiro atoms. The van der Waals surface area contributed by atoms with Gasteiger partial charge in [-0.3, -0.25) is 0 Å². The van der Waals surface area contributed by atoms with Crippen LogP contribution in [0.1, 0.15) is 5.69 Å². The molecule has 0 amide bonds. The second kappa shape index (κ2) is 3.32. The molecule has 2 nitrogen and oxygen atoms in total. The third kappa shape index (κ3) is 1.50. The van der Waals surface area contributed by atoms with Gasteiger partial charge in [-0.25, -0.2) is 4.98 Å². The van der Waals surface area contributed by atoms with Crippen molar-refractivity contribution in [3.8, 4) is 0 Å². The van der Waals surface area contributed by atoms with Crippen molar-refractivity contribution in [1.29, 1.82) is 0 Å². The number of benzene rings is 1. The fourth-order valence-electron chi connectivity index (χ4n) is 1.27. The number of para-hydroxylation sites is 1. The average molecular weight is 193 g/mol. The molecule has 2 N–H and O–H groups in total. The molecule has 0 saturated heterocycles. The lowest BCUT2D eigenvalue weighted by molar-refractivity contribution is 1.01. The van der Waals surface area contributed by atoms with Crippen LogP contribution in [0.4, 0.5) is 0 Å². The summed E-state index contributed by atoms with van der Waals surface area (Å²) < 4.78 is 0. The maximum absolute atomic E-state index is 5.96. The van der Waals surface area contributed by atoms with Crippen molar-refractivity contribution in [3.63, 3.8) is 0 Å². The standard InChI is InChI=1S/C10H9ClN2/c11-8-5-7-3-1-2-4-9(7)13-10(8)6-12/h1-5H,6,12H2. The molecule has 2 aromatic rings. The normalized spacial score (nSPS) is 10.6. The van der Waals surface area contributed by atoms with E-state index < -0.39 is 0 Å². The molecular weight excluding hydrogens is 184 g/mol. The zero-order chi connectivity index (χ0) is 9.26. The molecule has 0 aliphatic rings. The molecule has 1 aromatic carbocycles. The van der Waals surface area contributed by atoms with Crippen molar-refractivity contribution in [3.05, 3.63) is 41.0 Å². The van der Waals surface area contributed by atoms with Gasteiger partial charge < -0.3 is 5.73 Å². The molecule has 3 heteroatoms. The van der Waals surface area contributed by atoms with Gasteiger partial charge in [-0.05, 0) is 12.1 Å². The number of fused-ring (bicyclic) bond motifs is 1. The first kappa shape index (κ1) is 8.48. The number of nitrogens with zero attached hydrogens (tertiary/aromatic N) is 1. The highest BCUT2D eigenvalue weighted by atomic mass is 35.5. The Hall–Kier alpha value is -1.12. The van der Waals surface area contributed by atoms with Crippen molar-refractivity contribution in [2.45, 2.75) is 6.54 Å². The SMILES string of the molecule is NCc1nc2ccccc2cc1Cl. The highest BCUT2D eigenvalue weighted by Gasteiger charge is 2.01. The largest absolute Gasteiger partial charge is 0.325 e. The van der Waals surface area contributed by atoms with Crippen LogP contribution in [-0.2, 0) is 6.54 Å². The van der Waals surface area contributed by atoms with Crippen LogP contribution in [0.5, 0.6) is 0 Å².